The molecule has 2 amide bonds. The van der Waals surface area contributed by atoms with Crippen molar-refractivity contribution in [2.45, 2.75) is 13.0 Å². The number of nitrogens with zero attached hydrogens (tertiary/aromatic N) is 1. The lowest BCUT2D eigenvalue weighted by Gasteiger charge is -2.20. The van der Waals surface area contributed by atoms with E-state index in [-0.39, 0.29) is 15.6 Å². The molecule has 1 aromatic carbocycles. The van der Waals surface area contributed by atoms with Crippen LogP contribution < -0.4 is 5.32 Å². The third-order valence-electron chi connectivity index (χ3n) is 2.66. The molecule has 0 fully saturated rings. The third kappa shape index (κ3) is 4.61. The Morgan fingerprint density at radius 2 is 1.95 bits per heavy atom. The van der Waals surface area contributed by atoms with Crippen molar-refractivity contribution in [1.29, 1.82) is 0 Å². The second kappa shape index (κ2) is 7.28. The van der Waals surface area contributed by atoms with Crippen LogP contribution in [-0.2, 0) is 9.59 Å². The molecular formula is C13H14Cl2N2O4. The fourth-order valence-electron chi connectivity index (χ4n) is 1.63. The van der Waals surface area contributed by atoms with E-state index in [2.05, 4.69) is 5.32 Å². The maximum atomic E-state index is 12.0. The van der Waals surface area contributed by atoms with Gasteiger partial charge in [0.1, 0.15) is 12.6 Å². The standard InChI is InChI=1S/C13H14Cl2N2O4/c1-7(13(21)17(2)6-10(18)19)16-12(20)8-4-3-5-9(14)11(8)15/h3-5,7H,6H2,1-2H3,(H,16,20)(H,18,19). The van der Waals surface area contributed by atoms with E-state index in [0.717, 1.165) is 4.90 Å². The number of hydrogen-bond acceptors (Lipinski definition) is 3. The molecule has 8 heteroatoms. The van der Waals surface area contributed by atoms with Crippen LogP contribution in [0.1, 0.15) is 17.3 Å². The van der Waals surface area contributed by atoms with E-state index >= 15 is 0 Å². The first-order chi connectivity index (χ1) is 9.73. The molecule has 0 spiro atoms. The molecule has 2 N–H and O–H groups in total. The van der Waals surface area contributed by atoms with E-state index < -0.39 is 30.4 Å². The van der Waals surface area contributed by atoms with Gasteiger partial charge in [0.15, 0.2) is 0 Å². The predicted octanol–water partition coefficient (Wildman–Crippen LogP) is 1.65. The lowest BCUT2D eigenvalue weighted by atomic mass is 10.2. The molecule has 0 saturated carbocycles. The average molecular weight is 333 g/mol. The smallest absolute Gasteiger partial charge is 0.323 e. The van der Waals surface area contributed by atoms with Crippen LogP contribution in [0, 0.1) is 0 Å². The highest BCUT2D eigenvalue weighted by atomic mass is 35.5. The summed E-state index contributed by atoms with van der Waals surface area (Å²) in [7, 11) is 1.34. The molecular weight excluding hydrogens is 319 g/mol. The number of hydrogen-bond donors (Lipinski definition) is 2. The molecule has 0 saturated heterocycles. The molecule has 0 heterocycles. The zero-order valence-corrected chi connectivity index (χ0v) is 12.9. The summed E-state index contributed by atoms with van der Waals surface area (Å²) >= 11 is 11.7. The molecule has 1 aromatic rings. The van der Waals surface area contributed by atoms with Crippen LogP contribution in [0.5, 0.6) is 0 Å². The number of carbonyl (C=O) groups excluding carboxylic acids is 2. The van der Waals surface area contributed by atoms with Gasteiger partial charge >= 0.3 is 5.97 Å². The van der Waals surface area contributed by atoms with Crippen molar-refractivity contribution in [3.63, 3.8) is 0 Å². The Hall–Kier alpha value is -1.79. The molecule has 1 unspecified atom stereocenters. The molecule has 0 aromatic heterocycles. The summed E-state index contributed by atoms with van der Waals surface area (Å²) in [5.41, 5.74) is 0.143. The van der Waals surface area contributed by atoms with Gasteiger partial charge in [-0.3, -0.25) is 14.4 Å². The zero-order chi connectivity index (χ0) is 16.2. The molecule has 0 radical (unpaired) electrons. The molecule has 6 nitrogen and oxygen atoms in total. The Labute approximate surface area is 131 Å². The fourth-order valence-corrected chi connectivity index (χ4v) is 2.01. The quantitative estimate of drug-likeness (QED) is 0.858. The maximum Gasteiger partial charge on any atom is 0.323 e. The number of aliphatic carboxylic acids is 1. The number of benzene rings is 1. The van der Waals surface area contributed by atoms with Crippen LogP contribution in [0.2, 0.25) is 10.0 Å². The van der Waals surface area contributed by atoms with Gasteiger partial charge in [0.25, 0.3) is 5.91 Å². The summed E-state index contributed by atoms with van der Waals surface area (Å²) < 4.78 is 0. The van der Waals surface area contributed by atoms with Crippen LogP contribution in [0.25, 0.3) is 0 Å². The number of carboxylic acid groups (broad SMARTS) is 1. The van der Waals surface area contributed by atoms with Gasteiger partial charge in [-0.25, -0.2) is 0 Å². The Bertz CT molecular complexity index is 577. The van der Waals surface area contributed by atoms with E-state index in [1.54, 1.807) is 6.07 Å². The van der Waals surface area contributed by atoms with Crippen LogP contribution in [-0.4, -0.2) is 47.4 Å². The average Bonchev–Trinajstić information content (AvgIpc) is 2.39. The highest BCUT2D eigenvalue weighted by Crippen LogP contribution is 2.25. The monoisotopic (exact) mass is 332 g/mol. The van der Waals surface area contributed by atoms with Gasteiger partial charge < -0.3 is 15.3 Å². The zero-order valence-electron chi connectivity index (χ0n) is 11.4. The molecule has 0 bridgehead atoms. The minimum absolute atomic E-state index is 0.0928. The molecule has 21 heavy (non-hydrogen) atoms. The van der Waals surface area contributed by atoms with Crippen molar-refractivity contribution in [3.05, 3.63) is 33.8 Å². The van der Waals surface area contributed by atoms with Crippen LogP contribution >= 0.6 is 23.2 Å². The molecule has 1 atom stereocenters. The van der Waals surface area contributed by atoms with Crippen molar-refractivity contribution in [3.8, 4) is 0 Å². The second-order valence-electron chi connectivity index (χ2n) is 4.38. The molecule has 0 aliphatic carbocycles. The Morgan fingerprint density at radius 1 is 1.33 bits per heavy atom. The van der Waals surface area contributed by atoms with Crippen molar-refractivity contribution in [2.24, 2.45) is 0 Å². The summed E-state index contributed by atoms with van der Waals surface area (Å²) in [5.74, 6) is -2.22. The minimum atomic E-state index is -1.14. The van der Waals surface area contributed by atoms with Crippen molar-refractivity contribution in [1.82, 2.24) is 10.2 Å². The van der Waals surface area contributed by atoms with Gasteiger partial charge in [-0.1, -0.05) is 29.3 Å². The lowest BCUT2D eigenvalue weighted by Crippen LogP contribution is -2.46. The number of carbonyl (C=O) groups is 3. The number of likely N-dealkylation sites (N-methyl/N-ethyl adjacent to an activating group) is 1. The van der Waals surface area contributed by atoms with E-state index in [4.69, 9.17) is 28.3 Å². The van der Waals surface area contributed by atoms with Crippen LogP contribution in [0.4, 0.5) is 0 Å². The number of nitrogens with one attached hydrogen (secondary N) is 1. The Kier molecular flexibility index (Phi) is 5.99. The van der Waals surface area contributed by atoms with Crippen LogP contribution in [0.3, 0.4) is 0 Å². The summed E-state index contributed by atoms with van der Waals surface area (Å²) in [6.45, 7) is 1.01. The van der Waals surface area contributed by atoms with E-state index in [1.165, 1.54) is 26.1 Å². The predicted molar refractivity (Wildman–Crippen MR) is 78.7 cm³/mol. The highest BCUT2D eigenvalue weighted by molar-refractivity contribution is 6.43. The molecule has 0 aliphatic rings. The number of halogens is 2. The normalized spacial score (nSPS) is 11.6. The first-order valence-electron chi connectivity index (χ1n) is 5.95. The van der Waals surface area contributed by atoms with Crippen molar-refractivity contribution < 1.29 is 19.5 Å². The van der Waals surface area contributed by atoms with Crippen LogP contribution in [0.15, 0.2) is 18.2 Å². The van der Waals surface area contributed by atoms with Gasteiger partial charge in [0.05, 0.1) is 15.6 Å². The Morgan fingerprint density at radius 3 is 2.52 bits per heavy atom. The van der Waals surface area contributed by atoms with Crippen molar-refractivity contribution >= 4 is 41.0 Å². The van der Waals surface area contributed by atoms with Gasteiger partial charge in [-0.2, -0.15) is 0 Å². The largest absolute Gasteiger partial charge is 0.480 e. The summed E-state index contributed by atoms with van der Waals surface area (Å²) in [4.78, 5) is 35.5. The lowest BCUT2D eigenvalue weighted by molar-refractivity contribution is -0.144. The van der Waals surface area contributed by atoms with E-state index in [0.29, 0.717) is 0 Å². The van der Waals surface area contributed by atoms with Gasteiger partial charge in [0, 0.05) is 7.05 Å². The van der Waals surface area contributed by atoms with E-state index in [1.807, 2.05) is 0 Å². The highest BCUT2D eigenvalue weighted by Gasteiger charge is 2.22. The first kappa shape index (κ1) is 17.3. The molecule has 114 valence electrons. The topological polar surface area (TPSA) is 86.7 Å². The Balaban J connectivity index is 2.76. The SMILES string of the molecule is CC(NC(=O)c1cccc(Cl)c1Cl)C(=O)N(C)CC(=O)O. The van der Waals surface area contributed by atoms with Gasteiger partial charge in [-0.15, -0.1) is 0 Å². The third-order valence-corrected chi connectivity index (χ3v) is 3.48. The summed E-state index contributed by atoms with van der Waals surface area (Å²) in [6.07, 6.45) is 0. The maximum absolute atomic E-state index is 12.0. The molecule has 0 aliphatic heterocycles. The molecule has 1 rings (SSSR count). The van der Waals surface area contributed by atoms with E-state index in [9.17, 15) is 14.4 Å². The second-order valence-corrected chi connectivity index (χ2v) is 5.17. The van der Waals surface area contributed by atoms with Gasteiger partial charge in [0.2, 0.25) is 5.91 Å². The summed E-state index contributed by atoms with van der Waals surface area (Å²) in [5, 5.41) is 11.4. The number of rotatable bonds is 5. The first-order valence-corrected chi connectivity index (χ1v) is 6.71. The van der Waals surface area contributed by atoms with Crippen molar-refractivity contribution in [2.75, 3.05) is 13.6 Å². The summed E-state index contributed by atoms with van der Waals surface area (Å²) in [6, 6.07) is 3.68. The number of amides is 2. The minimum Gasteiger partial charge on any atom is -0.480 e. The number of carboxylic acids is 1. The fraction of sp³-hybridized carbons (Fsp3) is 0.308. The van der Waals surface area contributed by atoms with Gasteiger partial charge in [-0.05, 0) is 19.1 Å².